The molecule has 0 aliphatic heterocycles. The summed E-state index contributed by atoms with van der Waals surface area (Å²) in [6.07, 6.45) is 3.16. The van der Waals surface area contributed by atoms with Crippen LogP contribution in [-0.2, 0) is 4.79 Å². The summed E-state index contributed by atoms with van der Waals surface area (Å²) in [6, 6.07) is 8.97. The first-order valence-corrected chi connectivity index (χ1v) is 4.63. The fourth-order valence-electron chi connectivity index (χ4n) is 1.47. The first kappa shape index (κ1) is 9.99. The molecular weight excluding hydrogens is 204 g/mol. The number of aromatic amines is 1. The lowest BCUT2D eigenvalue weighted by atomic mass is 10.1. The minimum absolute atomic E-state index is 0.269. The van der Waals surface area contributed by atoms with Crippen LogP contribution < -0.4 is 0 Å². The van der Waals surface area contributed by atoms with E-state index in [0.717, 1.165) is 10.9 Å². The van der Waals surface area contributed by atoms with E-state index >= 15 is 0 Å². The number of carboxylic acids is 1. The van der Waals surface area contributed by atoms with E-state index in [1.54, 1.807) is 18.3 Å². The molecule has 0 unspecified atom stereocenters. The van der Waals surface area contributed by atoms with Gasteiger partial charge in [-0.15, -0.1) is 0 Å². The van der Waals surface area contributed by atoms with Crippen LogP contribution in [0.4, 0.5) is 0 Å². The Labute approximate surface area is 91.4 Å². The topological polar surface area (TPSA) is 76.9 Å². The van der Waals surface area contributed by atoms with Crippen LogP contribution in [0.3, 0.4) is 0 Å². The van der Waals surface area contributed by atoms with Crippen LogP contribution in [0.5, 0.6) is 0 Å². The molecule has 0 atom stereocenters. The highest BCUT2D eigenvalue weighted by molar-refractivity contribution is 5.97. The molecule has 4 heteroatoms. The molecule has 2 aromatic rings. The third-order valence-corrected chi connectivity index (χ3v) is 2.24. The summed E-state index contributed by atoms with van der Waals surface area (Å²) >= 11 is 0. The van der Waals surface area contributed by atoms with Gasteiger partial charge < -0.3 is 10.1 Å². The van der Waals surface area contributed by atoms with Crippen molar-refractivity contribution in [2.24, 2.45) is 0 Å². The molecule has 0 bridgehead atoms. The first-order chi connectivity index (χ1) is 7.70. The Hall–Kier alpha value is -2.54. The second-order valence-electron chi connectivity index (χ2n) is 3.30. The number of aromatic nitrogens is 1. The lowest BCUT2D eigenvalue weighted by molar-refractivity contribution is -0.132. The second-order valence-corrected chi connectivity index (χ2v) is 3.30. The highest BCUT2D eigenvalue weighted by Crippen LogP contribution is 2.16. The fourth-order valence-corrected chi connectivity index (χ4v) is 1.47. The Bertz CT molecular complexity index is 617. The zero-order valence-corrected chi connectivity index (χ0v) is 8.27. The van der Waals surface area contributed by atoms with Crippen LogP contribution in [0, 0.1) is 11.3 Å². The zero-order chi connectivity index (χ0) is 11.5. The summed E-state index contributed by atoms with van der Waals surface area (Å²) in [6.45, 7) is 0. The summed E-state index contributed by atoms with van der Waals surface area (Å²) in [7, 11) is 0. The highest BCUT2D eigenvalue weighted by atomic mass is 16.4. The van der Waals surface area contributed by atoms with Crippen LogP contribution >= 0.6 is 0 Å². The molecule has 16 heavy (non-hydrogen) atoms. The Balaban J connectivity index is 2.48. The van der Waals surface area contributed by atoms with E-state index in [9.17, 15) is 4.79 Å². The van der Waals surface area contributed by atoms with Crippen molar-refractivity contribution in [3.63, 3.8) is 0 Å². The normalized spacial score (nSPS) is 11.3. The highest BCUT2D eigenvalue weighted by Gasteiger charge is 2.05. The number of carbonyl (C=O) groups is 1. The molecule has 0 spiro atoms. The van der Waals surface area contributed by atoms with Gasteiger partial charge in [0.1, 0.15) is 11.6 Å². The minimum atomic E-state index is -1.21. The summed E-state index contributed by atoms with van der Waals surface area (Å²) < 4.78 is 0. The summed E-state index contributed by atoms with van der Waals surface area (Å²) in [4.78, 5) is 13.7. The van der Waals surface area contributed by atoms with Gasteiger partial charge in [-0.3, -0.25) is 0 Å². The van der Waals surface area contributed by atoms with Crippen molar-refractivity contribution in [3.05, 3.63) is 41.6 Å². The molecule has 0 aliphatic carbocycles. The Morgan fingerprint density at radius 3 is 2.94 bits per heavy atom. The number of H-pyrrole nitrogens is 1. The van der Waals surface area contributed by atoms with Gasteiger partial charge in [0.25, 0.3) is 0 Å². The molecule has 1 aromatic carbocycles. The number of benzene rings is 1. The van der Waals surface area contributed by atoms with E-state index in [4.69, 9.17) is 10.4 Å². The molecule has 0 aliphatic rings. The Morgan fingerprint density at radius 1 is 1.44 bits per heavy atom. The zero-order valence-electron chi connectivity index (χ0n) is 8.27. The van der Waals surface area contributed by atoms with Gasteiger partial charge >= 0.3 is 5.97 Å². The standard InChI is InChI=1S/C12H8N2O2/c13-7-10(12(15)16)6-8-1-2-11-9(5-8)3-4-14-11/h1-6,14H,(H,15,16)/b10-6+. The molecular formula is C12H8N2O2. The maximum absolute atomic E-state index is 10.7. The molecule has 2 rings (SSSR count). The largest absolute Gasteiger partial charge is 0.477 e. The molecule has 78 valence electrons. The van der Waals surface area contributed by atoms with Gasteiger partial charge in [-0.05, 0) is 35.2 Å². The molecule has 0 saturated heterocycles. The van der Waals surface area contributed by atoms with Crippen molar-refractivity contribution < 1.29 is 9.90 Å². The van der Waals surface area contributed by atoms with E-state index in [2.05, 4.69) is 4.98 Å². The second kappa shape index (κ2) is 3.91. The average molecular weight is 212 g/mol. The minimum Gasteiger partial charge on any atom is -0.477 e. The predicted molar refractivity (Wildman–Crippen MR) is 59.5 cm³/mol. The number of rotatable bonds is 2. The fraction of sp³-hybridized carbons (Fsp3) is 0. The van der Waals surface area contributed by atoms with Crippen molar-refractivity contribution in [1.82, 2.24) is 4.98 Å². The maximum atomic E-state index is 10.7. The predicted octanol–water partition coefficient (Wildman–Crippen LogP) is 2.16. The van der Waals surface area contributed by atoms with Crippen LogP contribution in [0.1, 0.15) is 5.56 Å². The molecule has 0 fully saturated rings. The monoisotopic (exact) mass is 212 g/mol. The maximum Gasteiger partial charge on any atom is 0.346 e. The van der Waals surface area contributed by atoms with Crippen LogP contribution in [0.15, 0.2) is 36.0 Å². The number of hydrogen-bond donors (Lipinski definition) is 2. The van der Waals surface area contributed by atoms with Crippen molar-refractivity contribution in [3.8, 4) is 6.07 Å². The van der Waals surface area contributed by atoms with Crippen LogP contribution in [0.25, 0.3) is 17.0 Å². The third-order valence-electron chi connectivity index (χ3n) is 2.24. The van der Waals surface area contributed by atoms with E-state index in [0.29, 0.717) is 5.56 Å². The van der Waals surface area contributed by atoms with Crippen molar-refractivity contribution in [2.45, 2.75) is 0 Å². The Morgan fingerprint density at radius 2 is 2.25 bits per heavy atom. The van der Waals surface area contributed by atoms with E-state index < -0.39 is 5.97 Å². The average Bonchev–Trinajstić information content (AvgIpc) is 2.72. The number of fused-ring (bicyclic) bond motifs is 1. The molecule has 1 aromatic heterocycles. The molecule has 1 heterocycles. The number of carboxylic acid groups (broad SMARTS) is 1. The van der Waals surface area contributed by atoms with Crippen molar-refractivity contribution in [2.75, 3.05) is 0 Å². The molecule has 0 amide bonds. The summed E-state index contributed by atoms with van der Waals surface area (Å²) in [5.41, 5.74) is 1.41. The lowest BCUT2D eigenvalue weighted by Crippen LogP contribution is -1.97. The summed E-state index contributed by atoms with van der Waals surface area (Å²) in [5, 5.41) is 18.3. The lowest BCUT2D eigenvalue weighted by Gasteiger charge is -1.95. The van der Waals surface area contributed by atoms with Gasteiger partial charge in [0.15, 0.2) is 0 Å². The van der Waals surface area contributed by atoms with E-state index in [-0.39, 0.29) is 5.57 Å². The molecule has 4 nitrogen and oxygen atoms in total. The van der Waals surface area contributed by atoms with Gasteiger partial charge in [-0.2, -0.15) is 5.26 Å². The van der Waals surface area contributed by atoms with Crippen LogP contribution in [0.2, 0.25) is 0 Å². The molecule has 0 radical (unpaired) electrons. The van der Waals surface area contributed by atoms with E-state index in [1.807, 2.05) is 18.2 Å². The third kappa shape index (κ3) is 1.79. The molecule has 2 N–H and O–H groups in total. The quantitative estimate of drug-likeness (QED) is 0.591. The Kier molecular flexibility index (Phi) is 2.44. The number of hydrogen-bond acceptors (Lipinski definition) is 2. The number of nitrogens with zero attached hydrogens (tertiary/aromatic N) is 1. The van der Waals surface area contributed by atoms with Gasteiger partial charge in [0.2, 0.25) is 0 Å². The van der Waals surface area contributed by atoms with Crippen molar-refractivity contribution in [1.29, 1.82) is 5.26 Å². The van der Waals surface area contributed by atoms with Gasteiger partial charge in [0, 0.05) is 11.7 Å². The smallest absolute Gasteiger partial charge is 0.346 e. The number of nitriles is 1. The van der Waals surface area contributed by atoms with Crippen LogP contribution in [-0.4, -0.2) is 16.1 Å². The number of aliphatic carboxylic acids is 1. The SMILES string of the molecule is N#C/C(=C\c1ccc2[nH]ccc2c1)C(=O)O. The van der Waals surface area contributed by atoms with Crippen molar-refractivity contribution >= 4 is 22.9 Å². The first-order valence-electron chi connectivity index (χ1n) is 4.63. The summed E-state index contributed by atoms with van der Waals surface area (Å²) in [5.74, 6) is -1.21. The van der Waals surface area contributed by atoms with E-state index in [1.165, 1.54) is 6.08 Å². The van der Waals surface area contributed by atoms with Gasteiger partial charge in [-0.25, -0.2) is 4.79 Å². The van der Waals surface area contributed by atoms with Gasteiger partial charge in [0.05, 0.1) is 0 Å². The number of nitrogens with one attached hydrogen (secondary N) is 1. The molecule has 0 saturated carbocycles. The van der Waals surface area contributed by atoms with Gasteiger partial charge in [-0.1, -0.05) is 6.07 Å².